The molecule has 5 aromatic rings. The first kappa shape index (κ1) is 30.4. The number of halogens is 1. The molecule has 47 heavy (non-hydrogen) atoms. The quantitative estimate of drug-likeness (QED) is 0.269. The molecule has 4 aromatic heterocycles. The van der Waals surface area contributed by atoms with Crippen LogP contribution in [-0.2, 0) is 4.79 Å². The zero-order valence-electron chi connectivity index (χ0n) is 26.9. The summed E-state index contributed by atoms with van der Waals surface area (Å²) in [6.07, 6.45) is 3.54. The Morgan fingerprint density at radius 3 is 2.68 bits per heavy atom. The Morgan fingerprint density at radius 2 is 1.94 bits per heavy atom. The van der Waals surface area contributed by atoms with Crippen molar-refractivity contribution >= 4 is 33.7 Å². The Hall–Kier alpha value is -5.26. The van der Waals surface area contributed by atoms with E-state index >= 15 is 4.39 Å². The number of rotatable bonds is 4. The number of carbonyl (C=O) groups excluding carboxylic acids is 1. The number of hydrogen-bond donors (Lipinski definition) is 1. The summed E-state index contributed by atoms with van der Waals surface area (Å²) in [7, 11) is 0. The molecule has 2 aliphatic rings. The average molecular weight is 639 g/mol. The standard InChI is InChI=1S/C35H35FN6O5/c1-7-25(43)40-16-21-11-13-46-32-30(41(21)15-20(40)6)22-14-23(36)28(26-18(4)8-9-24-31(26)47-35(45)38-24)39-33(22)42(34(32)44)29-19(5)10-12-37-27(29)17(2)3/h7-10,12,14,17,20-21H,1,11,13,15-16H2,2-6H3,(H,38,45). The zero-order chi connectivity index (χ0) is 33.3. The highest BCUT2D eigenvalue weighted by Crippen LogP contribution is 2.42. The molecule has 242 valence electrons. The van der Waals surface area contributed by atoms with Crippen molar-refractivity contribution < 1.29 is 18.3 Å². The van der Waals surface area contributed by atoms with Crippen LogP contribution >= 0.6 is 0 Å². The Bertz CT molecular complexity index is 2230. The van der Waals surface area contributed by atoms with E-state index in [0.717, 1.165) is 5.56 Å². The molecule has 0 spiro atoms. The molecule has 1 N–H and O–H groups in total. The van der Waals surface area contributed by atoms with Crippen LogP contribution in [0.25, 0.3) is 39.1 Å². The number of ether oxygens (including phenoxy) is 1. The van der Waals surface area contributed by atoms with Crippen molar-refractivity contribution in [2.45, 2.75) is 59.0 Å². The molecule has 0 radical (unpaired) electrons. The number of aryl methyl sites for hydroxylation is 2. The van der Waals surface area contributed by atoms with E-state index in [1.807, 2.05) is 33.8 Å². The van der Waals surface area contributed by atoms with Crippen molar-refractivity contribution in [3.8, 4) is 22.7 Å². The number of aromatic amines is 1. The van der Waals surface area contributed by atoms with Gasteiger partial charge in [-0.1, -0.05) is 26.5 Å². The number of oxazole rings is 1. The second kappa shape index (κ2) is 11.2. The van der Waals surface area contributed by atoms with Gasteiger partial charge in [0.1, 0.15) is 11.5 Å². The van der Waals surface area contributed by atoms with Gasteiger partial charge in [-0.2, -0.15) is 0 Å². The smallest absolute Gasteiger partial charge is 0.417 e. The van der Waals surface area contributed by atoms with E-state index in [9.17, 15) is 14.4 Å². The predicted octanol–water partition coefficient (Wildman–Crippen LogP) is 5.14. The third-order valence-corrected chi connectivity index (χ3v) is 9.28. The van der Waals surface area contributed by atoms with Gasteiger partial charge in [0.15, 0.2) is 11.2 Å². The summed E-state index contributed by atoms with van der Waals surface area (Å²) in [6, 6.07) is 6.23. The minimum atomic E-state index is -0.672. The summed E-state index contributed by atoms with van der Waals surface area (Å²) in [5.74, 6) is -1.47. The van der Waals surface area contributed by atoms with Crippen LogP contribution in [-0.4, -0.2) is 62.1 Å². The van der Waals surface area contributed by atoms with Crippen LogP contribution in [0.4, 0.5) is 10.1 Å². The first-order valence-electron chi connectivity index (χ1n) is 15.7. The summed E-state index contributed by atoms with van der Waals surface area (Å²) in [4.78, 5) is 55.8. The van der Waals surface area contributed by atoms with E-state index < -0.39 is 17.1 Å². The van der Waals surface area contributed by atoms with Gasteiger partial charge in [0.05, 0.1) is 40.8 Å². The Labute approximate surface area is 269 Å². The fraction of sp³-hybridized carbons (Fsp3) is 0.343. The SMILES string of the molecule is C=CC(=O)N1CC2CCOc3c(c4cc(F)c(-c5c(C)ccc6[nH]c(=O)oc56)nc4n(-c4c(C)ccnc4C(C)C)c3=O)N2CC1C. The van der Waals surface area contributed by atoms with E-state index in [2.05, 4.69) is 21.4 Å². The number of hydrogen-bond acceptors (Lipinski definition) is 8. The van der Waals surface area contributed by atoms with E-state index in [4.69, 9.17) is 14.1 Å². The van der Waals surface area contributed by atoms with E-state index in [1.54, 1.807) is 30.2 Å². The highest BCUT2D eigenvalue weighted by Gasteiger charge is 2.39. The van der Waals surface area contributed by atoms with E-state index in [1.165, 1.54) is 16.7 Å². The van der Waals surface area contributed by atoms with Crippen molar-refractivity contribution in [3.05, 3.63) is 86.7 Å². The number of nitrogens with zero attached hydrogens (tertiary/aromatic N) is 5. The number of amides is 1. The van der Waals surface area contributed by atoms with Crippen molar-refractivity contribution in [1.82, 2.24) is 24.4 Å². The number of carbonyl (C=O) groups is 1. The fourth-order valence-corrected chi connectivity index (χ4v) is 7.02. The molecule has 1 aromatic carbocycles. The van der Waals surface area contributed by atoms with Gasteiger partial charge in [-0.15, -0.1) is 0 Å². The maximum Gasteiger partial charge on any atom is 0.417 e. The third kappa shape index (κ3) is 4.73. The summed E-state index contributed by atoms with van der Waals surface area (Å²) in [6.45, 7) is 14.3. The molecule has 0 saturated carbocycles. The lowest BCUT2D eigenvalue weighted by Crippen LogP contribution is -2.59. The summed E-state index contributed by atoms with van der Waals surface area (Å²) < 4.78 is 29.8. The van der Waals surface area contributed by atoms with Crippen LogP contribution in [0.3, 0.4) is 0 Å². The van der Waals surface area contributed by atoms with Crippen LogP contribution in [0.5, 0.6) is 5.75 Å². The maximum atomic E-state index is 16.6. The van der Waals surface area contributed by atoms with Gasteiger partial charge in [-0.25, -0.2) is 14.2 Å². The normalized spacial score (nSPS) is 17.9. The van der Waals surface area contributed by atoms with E-state index in [0.29, 0.717) is 58.6 Å². The summed E-state index contributed by atoms with van der Waals surface area (Å²) >= 11 is 0. The lowest BCUT2D eigenvalue weighted by atomic mass is 10.00. The summed E-state index contributed by atoms with van der Waals surface area (Å²) in [5, 5.41) is 0.377. The molecule has 11 nitrogen and oxygen atoms in total. The number of benzene rings is 1. The number of aromatic nitrogens is 4. The van der Waals surface area contributed by atoms with Gasteiger partial charge in [-0.3, -0.25) is 24.1 Å². The molecular formula is C35H35FN6O5. The molecule has 1 saturated heterocycles. The molecule has 1 fully saturated rings. The van der Waals surface area contributed by atoms with Gasteiger partial charge in [-0.05, 0) is 62.1 Å². The number of anilines is 1. The molecular weight excluding hydrogens is 603 g/mol. The summed E-state index contributed by atoms with van der Waals surface area (Å²) in [5.41, 5.74) is 3.65. The van der Waals surface area contributed by atoms with Crippen molar-refractivity contribution in [2.75, 3.05) is 24.6 Å². The first-order chi connectivity index (χ1) is 22.5. The van der Waals surface area contributed by atoms with Crippen LogP contribution in [0, 0.1) is 19.7 Å². The second-order valence-corrected chi connectivity index (χ2v) is 12.7. The molecule has 2 atom stereocenters. The average Bonchev–Trinajstić information content (AvgIpc) is 3.31. The van der Waals surface area contributed by atoms with Crippen LogP contribution in [0.15, 0.2) is 57.1 Å². The number of pyridine rings is 3. The Kier molecular flexibility index (Phi) is 7.25. The molecule has 0 bridgehead atoms. The fourth-order valence-electron chi connectivity index (χ4n) is 7.02. The number of fused-ring (bicyclic) bond motifs is 6. The molecule has 6 heterocycles. The largest absolute Gasteiger partial charge is 0.486 e. The van der Waals surface area contributed by atoms with Gasteiger partial charge in [0.25, 0.3) is 0 Å². The van der Waals surface area contributed by atoms with Crippen molar-refractivity contribution in [2.24, 2.45) is 0 Å². The minimum Gasteiger partial charge on any atom is -0.486 e. The van der Waals surface area contributed by atoms with Crippen LogP contribution in [0.1, 0.15) is 49.9 Å². The number of piperazine rings is 1. The molecule has 1 amide bonds. The topological polar surface area (TPSA) is 127 Å². The molecule has 2 unspecified atom stereocenters. The maximum absolute atomic E-state index is 16.6. The van der Waals surface area contributed by atoms with Crippen LogP contribution < -0.4 is 21.0 Å². The van der Waals surface area contributed by atoms with Gasteiger partial charge in [0.2, 0.25) is 11.7 Å². The van der Waals surface area contributed by atoms with Gasteiger partial charge < -0.3 is 19.0 Å². The highest BCUT2D eigenvalue weighted by atomic mass is 19.1. The monoisotopic (exact) mass is 638 g/mol. The van der Waals surface area contributed by atoms with Gasteiger partial charge in [0, 0.05) is 37.1 Å². The Balaban J connectivity index is 1.59. The molecule has 7 rings (SSSR count). The molecule has 2 aliphatic heterocycles. The van der Waals surface area contributed by atoms with Crippen molar-refractivity contribution in [3.63, 3.8) is 0 Å². The first-order valence-corrected chi connectivity index (χ1v) is 15.7. The zero-order valence-corrected chi connectivity index (χ0v) is 26.9. The highest BCUT2D eigenvalue weighted by molar-refractivity contribution is 5.98. The second-order valence-electron chi connectivity index (χ2n) is 12.7. The molecule has 12 heteroatoms. The third-order valence-electron chi connectivity index (χ3n) is 9.28. The number of nitrogens with one attached hydrogen (secondary N) is 1. The van der Waals surface area contributed by atoms with Crippen LogP contribution in [0.2, 0.25) is 0 Å². The van der Waals surface area contributed by atoms with E-state index in [-0.39, 0.29) is 53.2 Å². The number of H-pyrrole nitrogens is 1. The molecule has 0 aliphatic carbocycles. The lowest BCUT2D eigenvalue weighted by Gasteiger charge is -2.45. The minimum absolute atomic E-state index is 0.0580. The predicted molar refractivity (Wildman–Crippen MR) is 177 cm³/mol. The van der Waals surface area contributed by atoms with Gasteiger partial charge >= 0.3 is 11.3 Å². The Morgan fingerprint density at radius 1 is 1.15 bits per heavy atom. The van der Waals surface area contributed by atoms with Crippen molar-refractivity contribution in [1.29, 1.82) is 0 Å². The lowest BCUT2D eigenvalue weighted by molar-refractivity contribution is -0.128.